The molecule has 2 N–H and O–H groups in total. The molecule has 2 heteroatoms. The highest BCUT2D eigenvalue weighted by Crippen LogP contribution is 2.32. The molecule has 0 heterocycles. The molecule has 0 saturated heterocycles. The lowest BCUT2D eigenvalue weighted by Gasteiger charge is -2.27. The molecule has 0 aliphatic carbocycles. The van der Waals surface area contributed by atoms with E-state index in [-0.39, 0.29) is 0 Å². The molecule has 94 valence electrons. The molecule has 0 fully saturated rings. The van der Waals surface area contributed by atoms with E-state index in [0.717, 1.165) is 11.1 Å². The molecule has 1 atom stereocenters. The third kappa shape index (κ3) is 2.43. The molecule has 0 aliphatic rings. The average Bonchev–Trinajstić information content (AvgIpc) is 2.28. The summed E-state index contributed by atoms with van der Waals surface area (Å²) in [4.78, 5) is 0. The molecule has 2 rings (SSSR count). The number of halogens is 1. The minimum Gasteiger partial charge on any atom is -0.318 e. The lowest BCUT2D eigenvalue weighted by molar-refractivity contribution is 0.602. The van der Waals surface area contributed by atoms with Gasteiger partial charge in [0.25, 0.3) is 0 Å². The maximum absolute atomic E-state index is 6.51. The van der Waals surface area contributed by atoms with Gasteiger partial charge in [-0.05, 0) is 38.0 Å². The smallest absolute Gasteiger partial charge is 0.0651 e. The summed E-state index contributed by atoms with van der Waals surface area (Å²) in [5.41, 5.74) is 10.4. The quantitative estimate of drug-likeness (QED) is 0.860. The van der Waals surface area contributed by atoms with Crippen molar-refractivity contribution in [1.82, 2.24) is 0 Å². The molecule has 0 radical (unpaired) electrons. The number of rotatable bonds is 2. The summed E-state index contributed by atoms with van der Waals surface area (Å²) in [6.45, 7) is 6.17. The van der Waals surface area contributed by atoms with E-state index < -0.39 is 5.54 Å². The van der Waals surface area contributed by atoms with E-state index in [1.54, 1.807) is 0 Å². The first kappa shape index (κ1) is 13.1. The van der Waals surface area contributed by atoms with Crippen LogP contribution < -0.4 is 5.73 Å². The van der Waals surface area contributed by atoms with Crippen molar-refractivity contribution in [3.63, 3.8) is 0 Å². The van der Waals surface area contributed by atoms with Crippen LogP contribution in [0.25, 0.3) is 0 Å². The van der Waals surface area contributed by atoms with Crippen LogP contribution in [-0.2, 0) is 5.54 Å². The minimum absolute atomic E-state index is 0.574. The molecular weight excluding hydrogens is 242 g/mol. The standard InChI is InChI=1S/C16H18ClN/c1-11-8-12(2)10-13(9-11)16(3,18)14-6-4-5-7-15(14)17/h4-10H,18H2,1-3H3. The Bertz CT molecular complexity index is 553. The SMILES string of the molecule is Cc1cc(C)cc(C(C)(N)c2ccccc2Cl)c1. The van der Waals surface area contributed by atoms with Gasteiger partial charge in [-0.25, -0.2) is 0 Å². The van der Waals surface area contributed by atoms with Crippen LogP contribution in [0, 0.1) is 13.8 Å². The highest BCUT2D eigenvalue weighted by molar-refractivity contribution is 6.31. The lowest BCUT2D eigenvalue weighted by Crippen LogP contribution is -2.34. The molecule has 0 aliphatic heterocycles. The van der Waals surface area contributed by atoms with Gasteiger partial charge in [-0.15, -0.1) is 0 Å². The summed E-state index contributed by atoms with van der Waals surface area (Å²) in [5.74, 6) is 0. The van der Waals surface area contributed by atoms with E-state index in [2.05, 4.69) is 32.0 Å². The molecular formula is C16H18ClN. The predicted molar refractivity (Wildman–Crippen MR) is 78.0 cm³/mol. The normalized spacial score (nSPS) is 14.3. The van der Waals surface area contributed by atoms with Crippen molar-refractivity contribution in [2.75, 3.05) is 0 Å². The van der Waals surface area contributed by atoms with E-state index in [4.69, 9.17) is 17.3 Å². The second-order valence-corrected chi connectivity index (χ2v) is 5.47. The number of benzene rings is 2. The zero-order valence-corrected chi connectivity index (χ0v) is 11.8. The lowest BCUT2D eigenvalue weighted by atomic mass is 9.84. The maximum atomic E-state index is 6.51. The summed E-state index contributed by atoms with van der Waals surface area (Å²) >= 11 is 6.26. The van der Waals surface area contributed by atoms with E-state index >= 15 is 0 Å². The van der Waals surface area contributed by atoms with E-state index in [1.165, 1.54) is 11.1 Å². The van der Waals surface area contributed by atoms with Gasteiger partial charge in [0.2, 0.25) is 0 Å². The number of nitrogens with two attached hydrogens (primary N) is 1. The van der Waals surface area contributed by atoms with Gasteiger partial charge in [0.15, 0.2) is 0 Å². The van der Waals surface area contributed by atoms with Gasteiger partial charge in [-0.2, -0.15) is 0 Å². The third-order valence-electron chi connectivity index (χ3n) is 3.25. The van der Waals surface area contributed by atoms with Crippen molar-refractivity contribution < 1.29 is 0 Å². The summed E-state index contributed by atoms with van der Waals surface area (Å²) in [5, 5.41) is 0.710. The van der Waals surface area contributed by atoms with Gasteiger partial charge in [0, 0.05) is 5.02 Å². The van der Waals surface area contributed by atoms with Crippen LogP contribution in [0.5, 0.6) is 0 Å². The van der Waals surface area contributed by atoms with Crippen LogP contribution in [0.2, 0.25) is 5.02 Å². The fourth-order valence-corrected chi connectivity index (χ4v) is 2.64. The van der Waals surface area contributed by atoms with E-state index in [1.807, 2.05) is 31.2 Å². The second-order valence-electron chi connectivity index (χ2n) is 5.06. The van der Waals surface area contributed by atoms with Crippen LogP contribution in [0.1, 0.15) is 29.2 Å². The Morgan fingerprint density at radius 2 is 1.56 bits per heavy atom. The van der Waals surface area contributed by atoms with Gasteiger partial charge in [0.05, 0.1) is 5.54 Å². The topological polar surface area (TPSA) is 26.0 Å². The van der Waals surface area contributed by atoms with Gasteiger partial charge < -0.3 is 5.73 Å². The van der Waals surface area contributed by atoms with Crippen molar-refractivity contribution in [3.8, 4) is 0 Å². The first-order valence-corrected chi connectivity index (χ1v) is 6.42. The first-order chi connectivity index (χ1) is 8.41. The summed E-state index contributed by atoms with van der Waals surface area (Å²) in [7, 11) is 0. The maximum Gasteiger partial charge on any atom is 0.0651 e. The molecule has 0 amide bonds. The van der Waals surface area contributed by atoms with Gasteiger partial charge in [-0.3, -0.25) is 0 Å². The van der Waals surface area contributed by atoms with Crippen molar-refractivity contribution in [2.45, 2.75) is 26.3 Å². The van der Waals surface area contributed by atoms with Crippen molar-refractivity contribution >= 4 is 11.6 Å². The molecule has 0 bridgehead atoms. The number of aryl methyl sites for hydroxylation is 2. The molecule has 1 nitrogen and oxygen atoms in total. The predicted octanol–water partition coefficient (Wildman–Crippen LogP) is 4.18. The first-order valence-electron chi connectivity index (χ1n) is 6.04. The Morgan fingerprint density at radius 3 is 2.11 bits per heavy atom. The summed E-state index contributed by atoms with van der Waals surface area (Å²) < 4.78 is 0. The largest absolute Gasteiger partial charge is 0.318 e. The Labute approximate surface area is 114 Å². The molecule has 0 spiro atoms. The van der Waals surface area contributed by atoms with Crippen LogP contribution >= 0.6 is 11.6 Å². The Kier molecular flexibility index (Phi) is 3.47. The average molecular weight is 260 g/mol. The Hall–Kier alpha value is -1.31. The highest BCUT2D eigenvalue weighted by Gasteiger charge is 2.26. The molecule has 2 aromatic rings. The molecule has 18 heavy (non-hydrogen) atoms. The molecule has 2 aromatic carbocycles. The van der Waals surface area contributed by atoms with Gasteiger partial charge in [0.1, 0.15) is 0 Å². The second kappa shape index (κ2) is 4.75. The highest BCUT2D eigenvalue weighted by atomic mass is 35.5. The number of hydrogen-bond donors (Lipinski definition) is 1. The number of hydrogen-bond acceptors (Lipinski definition) is 1. The van der Waals surface area contributed by atoms with Crippen molar-refractivity contribution in [3.05, 3.63) is 69.7 Å². The zero-order chi connectivity index (χ0) is 13.3. The fourth-order valence-electron chi connectivity index (χ4n) is 2.31. The third-order valence-corrected chi connectivity index (χ3v) is 3.58. The molecule has 0 saturated carbocycles. The van der Waals surface area contributed by atoms with Crippen molar-refractivity contribution in [1.29, 1.82) is 0 Å². The van der Waals surface area contributed by atoms with Crippen LogP contribution in [0.3, 0.4) is 0 Å². The van der Waals surface area contributed by atoms with Crippen LogP contribution in [-0.4, -0.2) is 0 Å². The van der Waals surface area contributed by atoms with Crippen LogP contribution in [0.15, 0.2) is 42.5 Å². The monoisotopic (exact) mass is 259 g/mol. The van der Waals surface area contributed by atoms with E-state index in [0.29, 0.717) is 5.02 Å². The fraction of sp³-hybridized carbons (Fsp3) is 0.250. The summed E-state index contributed by atoms with van der Waals surface area (Å²) in [6, 6.07) is 14.1. The van der Waals surface area contributed by atoms with Gasteiger partial charge >= 0.3 is 0 Å². The van der Waals surface area contributed by atoms with E-state index in [9.17, 15) is 0 Å². The van der Waals surface area contributed by atoms with Crippen molar-refractivity contribution in [2.24, 2.45) is 5.73 Å². The van der Waals surface area contributed by atoms with Gasteiger partial charge in [-0.1, -0.05) is 59.1 Å². The molecule has 1 unspecified atom stereocenters. The Morgan fingerprint density at radius 1 is 1.00 bits per heavy atom. The summed E-state index contributed by atoms with van der Waals surface area (Å²) in [6.07, 6.45) is 0. The van der Waals surface area contributed by atoms with Crippen LogP contribution in [0.4, 0.5) is 0 Å². The minimum atomic E-state index is -0.574. The molecule has 0 aromatic heterocycles. The Balaban J connectivity index is 2.57. The zero-order valence-electron chi connectivity index (χ0n) is 11.0.